The lowest BCUT2D eigenvalue weighted by atomic mass is 10.1. The van der Waals surface area contributed by atoms with Gasteiger partial charge in [0.15, 0.2) is 0 Å². The SMILES string of the molecule is Cc1nn(-c2ccc(N)cc2)c2c1CCOC2. The highest BCUT2D eigenvalue weighted by molar-refractivity contribution is 5.46. The molecular weight excluding hydrogens is 214 g/mol. The minimum Gasteiger partial charge on any atom is -0.399 e. The molecule has 0 saturated carbocycles. The number of ether oxygens (including phenoxy) is 1. The molecule has 0 spiro atoms. The zero-order valence-electron chi connectivity index (χ0n) is 9.81. The van der Waals surface area contributed by atoms with Crippen molar-refractivity contribution in [2.45, 2.75) is 20.0 Å². The van der Waals surface area contributed by atoms with Crippen molar-refractivity contribution in [1.82, 2.24) is 9.78 Å². The van der Waals surface area contributed by atoms with Crippen LogP contribution in [0.15, 0.2) is 24.3 Å². The predicted molar refractivity (Wildman–Crippen MR) is 66.1 cm³/mol. The van der Waals surface area contributed by atoms with Gasteiger partial charge in [0, 0.05) is 11.3 Å². The molecule has 2 heterocycles. The van der Waals surface area contributed by atoms with E-state index < -0.39 is 0 Å². The fourth-order valence-corrected chi connectivity index (χ4v) is 2.25. The molecule has 0 aliphatic carbocycles. The largest absolute Gasteiger partial charge is 0.399 e. The quantitative estimate of drug-likeness (QED) is 0.759. The third-order valence-corrected chi connectivity index (χ3v) is 3.16. The molecule has 1 aromatic carbocycles. The molecule has 4 heteroatoms. The predicted octanol–water partition coefficient (Wildman–Crippen LogP) is 1.84. The normalized spacial score (nSPS) is 14.6. The van der Waals surface area contributed by atoms with Gasteiger partial charge in [0.25, 0.3) is 0 Å². The number of nitrogen functional groups attached to an aromatic ring is 1. The van der Waals surface area contributed by atoms with Gasteiger partial charge in [-0.05, 0) is 37.6 Å². The fraction of sp³-hybridized carbons (Fsp3) is 0.308. The molecule has 2 N–H and O–H groups in total. The Morgan fingerprint density at radius 1 is 1.29 bits per heavy atom. The van der Waals surface area contributed by atoms with E-state index in [-0.39, 0.29) is 0 Å². The van der Waals surface area contributed by atoms with Crippen LogP contribution in [0, 0.1) is 6.92 Å². The summed E-state index contributed by atoms with van der Waals surface area (Å²) in [6.07, 6.45) is 0.955. The van der Waals surface area contributed by atoms with E-state index >= 15 is 0 Å². The van der Waals surface area contributed by atoms with Gasteiger partial charge in [-0.25, -0.2) is 4.68 Å². The Labute approximate surface area is 100 Å². The van der Waals surface area contributed by atoms with Crippen molar-refractivity contribution < 1.29 is 4.74 Å². The maximum absolute atomic E-state index is 5.69. The number of aryl methyl sites for hydroxylation is 1. The van der Waals surface area contributed by atoms with Crippen LogP contribution in [0.2, 0.25) is 0 Å². The second-order valence-electron chi connectivity index (χ2n) is 4.32. The fourth-order valence-electron chi connectivity index (χ4n) is 2.25. The first-order chi connectivity index (χ1) is 8.25. The lowest BCUT2D eigenvalue weighted by Crippen LogP contribution is -2.12. The van der Waals surface area contributed by atoms with Crippen LogP contribution in [0.5, 0.6) is 0 Å². The summed E-state index contributed by atoms with van der Waals surface area (Å²) in [7, 11) is 0. The molecule has 88 valence electrons. The number of hydrogen-bond acceptors (Lipinski definition) is 3. The molecule has 17 heavy (non-hydrogen) atoms. The van der Waals surface area contributed by atoms with Gasteiger partial charge in [-0.1, -0.05) is 0 Å². The molecule has 0 amide bonds. The van der Waals surface area contributed by atoms with Crippen LogP contribution in [0.3, 0.4) is 0 Å². The molecular formula is C13H15N3O. The van der Waals surface area contributed by atoms with E-state index in [1.54, 1.807) is 0 Å². The van der Waals surface area contributed by atoms with Crippen LogP contribution in [-0.4, -0.2) is 16.4 Å². The van der Waals surface area contributed by atoms with Gasteiger partial charge in [-0.2, -0.15) is 5.10 Å². The smallest absolute Gasteiger partial charge is 0.0892 e. The van der Waals surface area contributed by atoms with Gasteiger partial charge in [0.05, 0.1) is 30.3 Å². The zero-order valence-corrected chi connectivity index (χ0v) is 9.81. The summed E-state index contributed by atoms with van der Waals surface area (Å²) in [6.45, 7) is 3.49. The van der Waals surface area contributed by atoms with Crippen molar-refractivity contribution in [2.24, 2.45) is 0 Å². The molecule has 0 unspecified atom stereocenters. The molecule has 0 fully saturated rings. The minimum absolute atomic E-state index is 0.639. The zero-order chi connectivity index (χ0) is 11.8. The van der Waals surface area contributed by atoms with Crippen LogP contribution < -0.4 is 5.73 Å². The van der Waals surface area contributed by atoms with Crippen molar-refractivity contribution in [3.8, 4) is 5.69 Å². The van der Waals surface area contributed by atoms with Crippen molar-refractivity contribution in [3.63, 3.8) is 0 Å². The van der Waals surface area contributed by atoms with E-state index in [0.29, 0.717) is 6.61 Å². The summed E-state index contributed by atoms with van der Waals surface area (Å²) >= 11 is 0. The lowest BCUT2D eigenvalue weighted by Gasteiger charge is -2.14. The minimum atomic E-state index is 0.639. The topological polar surface area (TPSA) is 53.1 Å². The van der Waals surface area contributed by atoms with Crippen molar-refractivity contribution in [3.05, 3.63) is 41.2 Å². The monoisotopic (exact) mass is 229 g/mol. The van der Waals surface area contributed by atoms with Gasteiger partial charge < -0.3 is 10.5 Å². The second kappa shape index (κ2) is 3.89. The Kier molecular flexibility index (Phi) is 2.37. The van der Waals surface area contributed by atoms with E-state index in [4.69, 9.17) is 10.5 Å². The van der Waals surface area contributed by atoms with Crippen molar-refractivity contribution in [2.75, 3.05) is 12.3 Å². The van der Waals surface area contributed by atoms with Gasteiger partial charge >= 0.3 is 0 Å². The van der Waals surface area contributed by atoms with Gasteiger partial charge in [0.2, 0.25) is 0 Å². The number of nitrogens with two attached hydrogens (primary N) is 1. The Balaban J connectivity index is 2.11. The first kappa shape index (κ1) is 10.4. The Bertz CT molecular complexity index is 543. The summed E-state index contributed by atoms with van der Waals surface area (Å²) in [5.74, 6) is 0. The molecule has 3 rings (SSSR count). The number of nitrogens with zero attached hydrogens (tertiary/aromatic N) is 2. The van der Waals surface area contributed by atoms with E-state index in [1.807, 2.05) is 28.9 Å². The maximum atomic E-state index is 5.69. The average Bonchev–Trinajstić information content (AvgIpc) is 2.69. The molecule has 1 aliphatic heterocycles. The standard InChI is InChI=1S/C13H15N3O/c1-9-12-6-7-17-8-13(12)16(15-9)11-4-2-10(14)3-5-11/h2-5H,6-8,14H2,1H3. The molecule has 2 aromatic rings. The Hall–Kier alpha value is -1.81. The van der Waals surface area contributed by atoms with E-state index in [9.17, 15) is 0 Å². The Morgan fingerprint density at radius 3 is 2.82 bits per heavy atom. The average molecular weight is 229 g/mol. The number of rotatable bonds is 1. The van der Waals surface area contributed by atoms with Gasteiger partial charge in [0.1, 0.15) is 0 Å². The Morgan fingerprint density at radius 2 is 2.06 bits per heavy atom. The molecule has 1 aliphatic rings. The van der Waals surface area contributed by atoms with Crippen LogP contribution in [0.4, 0.5) is 5.69 Å². The highest BCUT2D eigenvalue weighted by Gasteiger charge is 2.19. The number of hydrogen-bond donors (Lipinski definition) is 1. The second-order valence-corrected chi connectivity index (χ2v) is 4.32. The highest BCUT2D eigenvalue weighted by atomic mass is 16.5. The summed E-state index contributed by atoms with van der Waals surface area (Å²) in [4.78, 5) is 0. The highest BCUT2D eigenvalue weighted by Crippen LogP contribution is 2.23. The van der Waals surface area contributed by atoms with Crippen LogP contribution in [0.25, 0.3) is 5.69 Å². The molecule has 0 saturated heterocycles. The third kappa shape index (κ3) is 1.70. The van der Waals surface area contributed by atoms with Crippen LogP contribution >= 0.6 is 0 Å². The number of aromatic nitrogens is 2. The van der Waals surface area contributed by atoms with Crippen LogP contribution in [-0.2, 0) is 17.8 Å². The molecule has 4 nitrogen and oxygen atoms in total. The van der Waals surface area contributed by atoms with Crippen molar-refractivity contribution in [1.29, 1.82) is 0 Å². The summed E-state index contributed by atoms with van der Waals surface area (Å²) in [6, 6.07) is 7.75. The summed E-state index contributed by atoms with van der Waals surface area (Å²) in [5, 5.41) is 4.59. The maximum Gasteiger partial charge on any atom is 0.0892 e. The molecule has 0 atom stereocenters. The van der Waals surface area contributed by atoms with Gasteiger partial charge in [-0.15, -0.1) is 0 Å². The van der Waals surface area contributed by atoms with Crippen LogP contribution in [0.1, 0.15) is 17.0 Å². The van der Waals surface area contributed by atoms with Crippen molar-refractivity contribution >= 4 is 5.69 Å². The lowest BCUT2D eigenvalue weighted by molar-refractivity contribution is 0.106. The number of anilines is 1. The first-order valence-corrected chi connectivity index (χ1v) is 5.77. The van der Waals surface area contributed by atoms with E-state index in [0.717, 1.165) is 30.1 Å². The summed E-state index contributed by atoms with van der Waals surface area (Å²) < 4.78 is 7.47. The first-order valence-electron chi connectivity index (χ1n) is 5.77. The van der Waals surface area contributed by atoms with Gasteiger partial charge in [-0.3, -0.25) is 0 Å². The van der Waals surface area contributed by atoms with E-state index in [2.05, 4.69) is 12.0 Å². The van der Waals surface area contributed by atoms with E-state index in [1.165, 1.54) is 11.3 Å². The number of fused-ring (bicyclic) bond motifs is 1. The molecule has 0 bridgehead atoms. The summed E-state index contributed by atoms with van der Waals surface area (Å²) in [5.41, 5.74) is 11.1. The molecule has 1 aromatic heterocycles. The molecule has 0 radical (unpaired) electrons. The number of benzene rings is 1. The third-order valence-electron chi connectivity index (χ3n) is 3.16.